The molecule has 2 heterocycles. The average molecular weight is 455 g/mol. The van der Waals surface area contributed by atoms with Gasteiger partial charge in [0.25, 0.3) is 0 Å². The number of hydrogen-bond acceptors (Lipinski definition) is 6. The van der Waals surface area contributed by atoms with E-state index in [1.807, 2.05) is 6.07 Å². The third-order valence-electron chi connectivity index (χ3n) is 6.68. The molecule has 0 spiro atoms. The SMILES string of the molecule is COc1ccc(C(c2nnnn2C2CCCC2)N2CCc3ccccc3C2)cc1OC.[Cl-]. The smallest absolute Gasteiger partial charge is 0.173 e. The Morgan fingerprint density at radius 1 is 0.969 bits per heavy atom. The second-order valence-corrected chi connectivity index (χ2v) is 8.43. The van der Waals surface area contributed by atoms with Crippen molar-refractivity contribution in [3.63, 3.8) is 0 Å². The first kappa shape index (κ1) is 22.6. The van der Waals surface area contributed by atoms with Crippen LogP contribution in [0.2, 0.25) is 0 Å². The number of rotatable bonds is 6. The molecule has 1 aliphatic heterocycles. The first-order valence-corrected chi connectivity index (χ1v) is 11.1. The molecular weight excluding hydrogens is 426 g/mol. The first-order chi connectivity index (χ1) is 15.3. The highest BCUT2D eigenvalue weighted by atomic mass is 35.5. The van der Waals surface area contributed by atoms with E-state index in [4.69, 9.17) is 9.47 Å². The van der Waals surface area contributed by atoms with Crippen molar-refractivity contribution in [1.82, 2.24) is 25.1 Å². The van der Waals surface area contributed by atoms with Crippen LogP contribution >= 0.6 is 0 Å². The fourth-order valence-corrected chi connectivity index (χ4v) is 5.07. The van der Waals surface area contributed by atoms with Gasteiger partial charge in [0.05, 0.1) is 26.3 Å². The molecule has 32 heavy (non-hydrogen) atoms. The standard InChI is InChI=1S/C24H29N5O2.ClH/c1-30-21-12-11-18(15-22(21)31-2)23(24-25-26-27-29(24)20-9-5-6-10-20)28-14-13-17-7-3-4-8-19(17)16-28;/h3-4,7-8,11-12,15,20,23H,5-6,9-10,13-14,16H2,1-2H3;1H/p-1. The minimum Gasteiger partial charge on any atom is -1.00 e. The van der Waals surface area contributed by atoms with Crippen molar-refractivity contribution in [1.29, 1.82) is 0 Å². The summed E-state index contributed by atoms with van der Waals surface area (Å²) in [6.45, 7) is 1.82. The van der Waals surface area contributed by atoms with Crippen molar-refractivity contribution in [3.8, 4) is 11.5 Å². The fraction of sp³-hybridized carbons (Fsp3) is 0.458. The van der Waals surface area contributed by atoms with Crippen LogP contribution in [-0.2, 0) is 13.0 Å². The maximum atomic E-state index is 5.62. The lowest BCUT2D eigenvalue weighted by Crippen LogP contribution is -3.00. The summed E-state index contributed by atoms with van der Waals surface area (Å²) >= 11 is 0. The second-order valence-electron chi connectivity index (χ2n) is 8.43. The zero-order valence-corrected chi connectivity index (χ0v) is 19.3. The lowest BCUT2D eigenvalue weighted by molar-refractivity contribution is -0.00000703. The van der Waals surface area contributed by atoms with Crippen molar-refractivity contribution in [2.45, 2.75) is 50.7 Å². The number of fused-ring (bicyclic) bond motifs is 1. The van der Waals surface area contributed by atoms with Crippen LogP contribution in [0.1, 0.15) is 60.3 Å². The zero-order valence-electron chi connectivity index (χ0n) is 18.6. The minimum absolute atomic E-state index is 0. The van der Waals surface area contributed by atoms with Crippen LogP contribution < -0.4 is 21.9 Å². The van der Waals surface area contributed by atoms with Crippen LogP contribution in [0.15, 0.2) is 42.5 Å². The van der Waals surface area contributed by atoms with Gasteiger partial charge in [-0.25, -0.2) is 4.68 Å². The van der Waals surface area contributed by atoms with Gasteiger partial charge in [0.15, 0.2) is 17.3 Å². The van der Waals surface area contributed by atoms with Gasteiger partial charge in [-0.3, -0.25) is 4.90 Å². The summed E-state index contributed by atoms with van der Waals surface area (Å²) in [7, 11) is 3.34. The Balaban J connectivity index is 0.00000245. The zero-order chi connectivity index (χ0) is 21.2. The molecular formula is C24H29ClN5O2-. The van der Waals surface area contributed by atoms with Gasteiger partial charge in [-0.05, 0) is 58.5 Å². The Kier molecular flexibility index (Phi) is 6.96. The molecule has 1 saturated carbocycles. The van der Waals surface area contributed by atoms with E-state index in [9.17, 15) is 0 Å². The van der Waals surface area contributed by atoms with E-state index < -0.39 is 0 Å². The molecule has 5 rings (SSSR count). The van der Waals surface area contributed by atoms with Crippen molar-refractivity contribution in [2.24, 2.45) is 0 Å². The Hall–Kier alpha value is -2.64. The van der Waals surface area contributed by atoms with Gasteiger partial charge < -0.3 is 21.9 Å². The molecule has 1 aliphatic carbocycles. The Bertz CT molecular complexity index is 1050. The average Bonchev–Trinajstić information content (AvgIpc) is 3.51. The lowest BCUT2D eigenvalue weighted by Gasteiger charge is -2.35. The molecule has 0 bridgehead atoms. The van der Waals surface area contributed by atoms with Gasteiger partial charge in [-0.2, -0.15) is 0 Å². The molecule has 1 atom stereocenters. The van der Waals surface area contributed by atoms with Gasteiger partial charge in [-0.15, -0.1) is 5.10 Å². The number of nitrogens with zero attached hydrogens (tertiary/aromatic N) is 5. The normalized spacial score (nSPS) is 17.4. The predicted octanol–water partition coefficient (Wildman–Crippen LogP) is 0.957. The van der Waals surface area contributed by atoms with E-state index in [1.165, 1.54) is 24.0 Å². The molecule has 1 unspecified atom stereocenters. The summed E-state index contributed by atoms with van der Waals surface area (Å²) in [5, 5.41) is 13.1. The molecule has 7 nitrogen and oxygen atoms in total. The Morgan fingerprint density at radius 3 is 2.47 bits per heavy atom. The van der Waals surface area contributed by atoms with E-state index in [1.54, 1.807) is 14.2 Å². The van der Waals surface area contributed by atoms with Crippen LogP contribution in [0.4, 0.5) is 0 Å². The number of benzene rings is 2. The summed E-state index contributed by atoms with van der Waals surface area (Å²) in [6.07, 6.45) is 5.77. The van der Waals surface area contributed by atoms with Gasteiger partial charge in [0.1, 0.15) is 0 Å². The predicted molar refractivity (Wildman–Crippen MR) is 117 cm³/mol. The van der Waals surface area contributed by atoms with Crippen LogP contribution in [0.3, 0.4) is 0 Å². The van der Waals surface area contributed by atoms with Gasteiger partial charge in [-0.1, -0.05) is 43.2 Å². The molecule has 2 aliphatic rings. The molecule has 2 aromatic carbocycles. The molecule has 0 amide bonds. The minimum atomic E-state index is -0.0521. The van der Waals surface area contributed by atoms with E-state index in [0.717, 1.165) is 55.2 Å². The molecule has 170 valence electrons. The van der Waals surface area contributed by atoms with Crippen molar-refractivity contribution >= 4 is 0 Å². The third-order valence-corrected chi connectivity index (χ3v) is 6.68. The Labute approximate surface area is 195 Å². The lowest BCUT2D eigenvalue weighted by atomic mass is 9.95. The molecule has 0 N–H and O–H groups in total. The summed E-state index contributed by atoms with van der Waals surface area (Å²) in [5.41, 5.74) is 3.92. The number of aromatic nitrogens is 4. The number of halogens is 1. The molecule has 1 fully saturated rings. The topological polar surface area (TPSA) is 65.3 Å². The third kappa shape index (κ3) is 4.19. The molecule has 1 aromatic heterocycles. The monoisotopic (exact) mass is 454 g/mol. The van der Waals surface area contributed by atoms with E-state index in [0.29, 0.717) is 6.04 Å². The molecule has 8 heteroatoms. The number of hydrogen-bond donors (Lipinski definition) is 0. The van der Waals surface area contributed by atoms with Crippen molar-refractivity contribution < 1.29 is 21.9 Å². The highest BCUT2D eigenvalue weighted by Gasteiger charge is 2.33. The van der Waals surface area contributed by atoms with Crippen LogP contribution in [0.5, 0.6) is 11.5 Å². The highest BCUT2D eigenvalue weighted by Crippen LogP contribution is 2.38. The largest absolute Gasteiger partial charge is 1.00 e. The fourth-order valence-electron chi connectivity index (χ4n) is 5.07. The molecule has 3 aromatic rings. The number of ether oxygens (including phenoxy) is 2. The summed E-state index contributed by atoms with van der Waals surface area (Å²) in [4.78, 5) is 2.49. The van der Waals surface area contributed by atoms with Crippen LogP contribution in [-0.4, -0.2) is 45.9 Å². The molecule has 0 radical (unpaired) electrons. The number of methoxy groups -OCH3 is 2. The summed E-state index contributed by atoms with van der Waals surface area (Å²) in [6, 6.07) is 15.2. The van der Waals surface area contributed by atoms with E-state index in [-0.39, 0.29) is 18.4 Å². The van der Waals surface area contributed by atoms with E-state index >= 15 is 0 Å². The highest BCUT2D eigenvalue weighted by molar-refractivity contribution is 5.45. The maximum absolute atomic E-state index is 5.62. The summed E-state index contributed by atoms with van der Waals surface area (Å²) < 4.78 is 13.2. The number of tetrazole rings is 1. The van der Waals surface area contributed by atoms with Crippen molar-refractivity contribution in [2.75, 3.05) is 20.8 Å². The quantitative estimate of drug-likeness (QED) is 0.552. The van der Waals surface area contributed by atoms with Crippen LogP contribution in [0.25, 0.3) is 0 Å². The van der Waals surface area contributed by atoms with Crippen LogP contribution in [0, 0.1) is 0 Å². The van der Waals surface area contributed by atoms with Crippen molar-refractivity contribution in [3.05, 3.63) is 65.0 Å². The summed E-state index contributed by atoms with van der Waals surface area (Å²) in [5.74, 6) is 2.37. The second kappa shape index (κ2) is 9.88. The van der Waals surface area contributed by atoms with Gasteiger partial charge >= 0.3 is 0 Å². The first-order valence-electron chi connectivity index (χ1n) is 11.1. The van der Waals surface area contributed by atoms with Gasteiger partial charge in [0, 0.05) is 13.1 Å². The molecule has 0 saturated heterocycles. The Morgan fingerprint density at radius 2 is 1.72 bits per heavy atom. The maximum Gasteiger partial charge on any atom is 0.173 e. The van der Waals surface area contributed by atoms with E-state index in [2.05, 4.69) is 61.5 Å². The van der Waals surface area contributed by atoms with Gasteiger partial charge in [0.2, 0.25) is 0 Å².